The first-order chi connectivity index (χ1) is 9.15. The zero-order valence-electron chi connectivity index (χ0n) is 10.6. The normalized spacial score (nSPS) is 10.1. The Kier molecular flexibility index (Phi) is 4.16. The molecule has 2 rings (SSSR count). The molecule has 0 unspecified atom stereocenters. The number of aromatic nitrogens is 1. The van der Waals surface area contributed by atoms with Crippen LogP contribution in [0.15, 0.2) is 47.2 Å². The van der Waals surface area contributed by atoms with Gasteiger partial charge in [0.2, 0.25) is 0 Å². The number of methoxy groups -OCH3 is 1. The molecule has 0 fully saturated rings. The minimum Gasteiger partial charge on any atom is -0.495 e. The Hall–Kier alpha value is -1.88. The van der Waals surface area contributed by atoms with Gasteiger partial charge in [-0.25, -0.2) is 4.98 Å². The second-order valence-electron chi connectivity index (χ2n) is 3.88. The van der Waals surface area contributed by atoms with E-state index in [2.05, 4.69) is 20.9 Å². The largest absolute Gasteiger partial charge is 0.495 e. The van der Waals surface area contributed by atoms with Gasteiger partial charge in [-0.3, -0.25) is 4.79 Å². The molecule has 1 aromatic carbocycles. The van der Waals surface area contributed by atoms with E-state index in [-0.39, 0.29) is 5.91 Å². The molecule has 19 heavy (non-hydrogen) atoms. The van der Waals surface area contributed by atoms with Gasteiger partial charge in [-0.05, 0) is 40.2 Å². The van der Waals surface area contributed by atoms with Crippen LogP contribution in [0.3, 0.4) is 0 Å². The van der Waals surface area contributed by atoms with E-state index < -0.39 is 0 Å². The molecule has 5 heteroatoms. The van der Waals surface area contributed by atoms with Gasteiger partial charge in [-0.2, -0.15) is 0 Å². The zero-order valence-corrected chi connectivity index (χ0v) is 12.2. The molecule has 0 aliphatic carbocycles. The molecule has 0 saturated heterocycles. The van der Waals surface area contributed by atoms with Gasteiger partial charge in [0.1, 0.15) is 10.4 Å². The minimum absolute atomic E-state index is 0.149. The van der Waals surface area contributed by atoms with Crippen molar-refractivity contribution in [2.75, 3.05) is 19.1 Å². The number of anilines is 1. The predicted molar refractivity (Wildman–Crippen MR) is 77.7 cm³/mol. The summed E-state index contributed by atoms with van der Waals surface area (Å²) in [7, 11) is 3.29. The van der Waals surface area contributed by atoms with Crippen LogP contribution in [0.2, 0.25) is 0 Å². The monoisotopic (exact) mass is 320 g/mol. The topological polar surface area (TPSA) is 42.4 Å². The average Bonchev–Trinajstić information content (AvgIpc) is 2.46. The molecule has 0 spiro atoms. The van der Waals surface area contributed by atoms with Crippen LogP contribution in [0.25, 0.3) is 0 Å². The molecule has 0 aliphatic heterocycles. The Balaban J connectivity index is 2.37. The summed E-state index contributed by atoms with van der Waals surface area (Å²) in [5.74, 6) is 0.503. The standard InChI is InChI=1S/C14H13BrN2O2/c1-17(11-7-3-4-8-12(11)19-2)14(18)10-6-5-9-16-13(10)15/h3-9H,1-2H3. The predicted octanol–water partition coefficient (Wildman–Crippen LogP) is 3.13. The number of carbonyl (C=O) groups excluding carboxylic acids is 1. The number of carbonyl (C=O) groups is 1. The lowest BCUT2D eigenvalue weighted by molar-refractivity contribution is 0.0991. The summed E-state index contributed by atoms with van der Waals surface area (Å²) >= 11 is 3.28. The van der Waals surface area contributed by atoms with E-state index in [0.717, 1.165) is 0 Å². The van der Waals surface area contributed by atoms with Gasteiger partial charge in [0.05, 0.1) is 18.4 Å². The first-order valence-corrected chi connectivity index (χ1v) is 6.46. The van der Waals surface area contributed by atoms with Crippen LogP contribution in [0.1, 0.15) is 10.4 Å². The minimum atomic E-state index is -0.149. The lowest BCUT2D eigenvalue weighted by Crippen LogP contribution is -2.27. The summed E-state index contributed by atoms with van der Waals surface area (Å²) in [6.07, 6.45) is 1.63. The molecule has 0 radical (unpaired) electrons. The number of para-hydroxylation sites is 2. The Morgan fingerprint density at radius 3 is 2.68 bits per heavy atom. The Morgan fingerprint density at radius 2 is 2.00 bits per heavy atom. The van der Waals surface area contributed by atoms with E-state index in [4.69, 9.17) is 4.74 Å². The highest BCUT2D eigenvalue weighted by Crippen LogP contribution is 2.28. The molecular weight excluding hydrogens is 308 g/mol. The second kappa shape index (κ2) is 5.84. The van der Waals surface area contributed by atoms with E-state index >= 15 is 0 Å². The summed E-state index contributed by atoms with van der Waals surface area (Å²) in [6.45, 7) is 0. The summed E-state index contributed by atoms with van der Waals surface area (Å²) < 4.78 is 5.79. The van der Waals surface area contributed by atoms with Crippen LogP contribution in [-0.2, 0) is 0 Å². The van der Waals surface area contributed by atoms with Crippen LogP contribution < -0.4 is 9.64 Å². The van der Waals surface area contributed by atoms with Crippen LogP contribution in [0.5, 0.6) is 5.75 Å². The molecule has 98 valence electrons. The van der Waals surface area contributed by atoms with Crippen molar-refractivity contribution in [3.8, 4) is 5.75 Å². The number of benzene rings is 1. The van der Waals surface area contributed by atoms with Crippen molar-refractivity contribution in [1.82, 2.24) is 4.98 Å². The van der Waals surface area contributed by atoms with Gasteiger partial charge < -0.3 is 9.64 Å². The molecule has 1 heterocycles. The van der Waals surface area contributed by atoms with Crippen molar-refractivity contribution >= 4 is 27.5 Å². The molecule has 0 aliphatic rings. The van der Waals surface area contributed by atoms with Crippen molar-refractivity contribution in [1.29, 1.82) is 0 Å². The number of rotatable bonds is 3. The third-order valence-electron chi connectivity index (χ3n) is 2.74. The fourth-order valence-electron chi connectivity index (χ4n) is 1.74. The number of halogens is 1. The van der Waals surface area contributed by atoms with E-state index in [1.165, 1.54) is 0 Å². The average molecular weight is 321 g/mol. The van der Waals surface area contributed by atoms with Gasteiger partial charge in [-0.15, -0.1) is 0 Å². The first-order valence-electron chi connectivity index (χ1n) is 5.66. The van der Waals surface area contributed by atoms with Crippen molar-refractivity contribution in [2.45, 2.75) is 0 Å². The van der Waals surface area contributed by atoms with Gasteiger partial charge in [0.25, 0.3) is 5.91 Å². The zero-order chi connectivity index (χ0) is 13.8. The third kappa shape index (κ3) is 2.76. The highest BCUT2D eigenvalue weighted by Gasteiger charge is 2.18. The summed E-state index contributed by atoms with van der Waals surface area (Å²) in [5.41, 5.74) is 1.22. The van der Waals surface area contributed by atoms with Crippen LogP contribution >= 0.6 is 15.9 Å². The number of pyridine rings is 1. The van der Waals surface area contributed by atoms with Crippen LogP contribution in [0.4, 0.5) is 5.69 Å². The molecule has 0 saturated carbocycles. The van der Waals surface area contributed by atoms with Crippen LogP contribution in [0, 0.1) is 0 Å². The second-order valence-corrected chi connectivity index (χ2v) is 4.63. The van der Waals surface area contributed by atoms with E-state index in [1.54, 1.807) is 37.4 Å². The highest BCUT2D eigenvalue weighted by atomic mass is 79.9. The summed E-state index contributed by atoms with van der Waals surface area (Å²) in [4.78, 5) is 18.0. The molecule has 1 aromatic heterocycles. The fourth-order valence-corrected chi connectivity index (χ4v) is 2.16. The maximum Gasteiger partial charge on any atom is 0.260 e. The van der Waals surface area contributed by atoms with Crippen molar-refractivity contribution < 1.29 is 9.53 Å². The molecule has 0 N–H and O–H groups in total. The van der Waals surface area contributed by atoms with Gasteiger partial charge >= 0.3 is 0 Å². The summed E-state index contributed by atoms with van der Waals surface area (Å²) in [6, 6.07) is 10.8. The quantitative estimate of drug-likeness (QED) is 0.816. The van der Waals surface area contributed by atoms with Crippen LogP contribution in [-0.4, -0.2) is 25.0 Å². The van der Waals surface area contributed by atoms with Crippen molar-refractivity contribution in [3.05, 3.63) is 52.8 Å². The van der Waals surface area contributed by atoms with E-state index in [1.807, 2.05) is 24.3 Å². The number of nitrogens with zero attached hydrogens (tertiary/aromatic N) is 2. The van der Waals surface area contributed by atoms with Gasteiger partial charge in [-0.1, -0.05) is 12.1 Å². The number of hydrogen-bond acceptors (Lipinski definition) is 3. The van der Waals surface area contributed by atoms with Gasteiger partial charge in [0, 0.05) is 13.2 Å². The van der Waals surface area contributed by atoms with E-state index in [0.29, 0.717) is 21.6 Å². The molecule has 1 amide bonds. The Bertz CT molecular complexity index is 602. The number of ether oxygens (including phenoxy) is 1. The van der Waals surface area contributed by atoms with Crippen molar-refractivity contribution in [3.63, 3.8) is 0 Å². The van der Waals surface area contributed by atoms with E-state index in [9.17, 15) is 4.79 Å². The number of amides is 1. The lowest BCUT2D eigenvalue weighted by atomic mass is 10.2. The Morgan fingerprint density at radius 1 is 1.26 bits per heavy atom. The maximum absolute atomic E-state index is 12.4. The fraction of sp³-hybridized carbons (Fsp3) is 0.143. The third-order valence-corrected chi connectivity index (χ3v) is 3.37. The van der Waals surface area contributed by atoms with Crippen molar-refractivity contribution in [2.24, 2.45) is 0 Å². The maximum atomic E-state index is 12.4. The molecule has 0 atom stereocenters. The molecule has 2 aromatic rings. The SMILES string of the molecule is COc1ccccc1N(C)C(=O)c1cccnc1Br. The summed E-state index contributed by atoms with van der Waals surface area (Å²) in [5, 5.41) is 0. The Labute approximate surface area is 120 Å². The highest BCUT2D eigenvalue weighted by molar-refractivity contribution is 9.10. The van der Waals surface area contributed by atoms with Gasteiger partial charge in [0.15, 0.2) is 0 Å². The smallest absolute Gasteiger partial charge is 0.260 e. The number of hydrogen-bond donors (Lipinski definition) is 0. The molecular formula is C14H13BrN2O2. The molecule has 4 nitrogen and oxygen atoms in total. The lowest BCUT2D eigenvalue weighted by Gasteiger charge is -2.20. The first kappa shape index (κ1) is 13.5. The molecule has 0 bridgehead atoms.